The third kappa shape index (κ3) is 6.51. The molecule has 1 amide bonds. The fourth-order valence-corrected chi connectivity index (χ4v) is 3.19. The van der Waals surface area contributed by atoms with Crippen molar-refractivity contribution in [3.8, 4) is 11.5 Å². The van der Waals surface area contributed by atoms with Gasteiger partial charge in [0.25, 0.3) is 5.91 Å². The van der Waals surface area contributed by atoms with Crippen molar-refractivity contribution in [1.82, 2.24) is 15.3 Å². The SMILES string of the molecule is COc1ccc(OCC(=O)NCCNc2cc(N3CCCCC3)nc(C)n2)cc1. The summed E-state index contributed by atoms with van der Waals surface area (Å²) >= 11 is 0. The summed E-state index contributed by atoms with van der Waals surface area (Å²) < 4.78 is 10.6. The van der Waals surface area contributed by atoms with Gasteiger partial charge in [0.05, 0.1) is 7.11 Å². The number of aryl methyl sites for hydroxylation is 1. The molecule has 1 aromatic carbocycles. The molecule has 1 aliphatic rings. The van der Waals surface area contributed by atoms with Crippen molar-refractivity contribution in [2.24, 2.45) is 0 Å². The highest BCUT2D eigenvalue weighted by Gasteiger charge is 2.13. The van der Waals surface area contributed by atoms with Crippen LogP contribution in [0.2, 0.25) is 0 Å². The number of hydrogen-bond acceptors (Lipinski definition) is 7. The van der Waals surface area contributed by atoms with E-state index >= 15 is 0 Å². The summed E-state index contributed by atoms with van der Waals surface area (Å²) in [6.45, 7) is 5.01. The quantitative estimate of drug-likeness (QED) is 0.626. The summed E-state index contributed by atoms with van der Waals surface area (Å²) in [5.41, 5.74) is 0. The molecule has 8 nitrogen and oxygen atoms in total. The molecular weight excluding hydrogens is 370 g/mol. The summed E-state index contributed by atoms with van der Waals surface area (Å²) in [5, 5.41) is 6.09. The smallest absolute Gasteiger partial charge is 0.258 e. The van der Waals surface area contributed by atoms with Gasteiger partial charge in [0, 0.05) is 32.2 Å². The van der Waals surface area contributed by atoms with Gasteiger partial charge >= 0.3 is 0 Å². The standard InChI is InChI=1S/C21H29N5O3/c1-16-24-19(14-20(25-16)26-12-4-3-5-13-26)22-10-11-23-21(27)15-29-18-8-6-17(28-2)7-9-18/h6-9,14H,3-5,10-13,15H2,1-2H3,(H,23,27)(H,22,24,25). The van der Waals surface area contributed by atoms with Crippen molar-refractivity contribution >= 4 is 17.5 Å². The molecule has 3 rings (SSSR count). The molecule has 1 aliphatic heterocycles. The van der Waals surface area contributed by atoms with Gasteiger partial charge in [-0.25, -0.2) is 9.97 Å². The number of hydrogen-bond donors (Lipinski definition) is 2. The third-order valence-electron chi connectivity index (χ3n) is 4.69. The van der Waals surface area contributed by atoms with Crippen molar-refractivity contribution in [2.45, 2.75) is 26.2 Å². The van der Waals surface area contributed by atoms with Crippen LogP contribution in [0.1, 0.15) is 25.1 Å². The Morgan fingerprint density at radius 1 is 1.07 bits per heavy atom. The molecule has 156 valence electrons. The number of benzene rings is 1. The average molecular weight is 399 g/mol. The summed E-state index contributed by atoms with van der Waals surface area (Å²) in [5.74, 6) is 3.69. The number of nitrogens with zero attached hydrogens (tertiary/aromatic N) is 3. The maximum atomic E-state index is 11.9. The molecule has 1 saturated heterocycles. The number of amides is 1. The topological polar surface area (TPSA) is 88.6 Å². The van der Waals surface area contributed by atoms with Crippen LogP contribution >= 0.6 is 0 Å². The lowest BCUT2D eigenvalue weighted by Crippen LogP contribution is -2.33. The van der Waals surface area contributed by atoms with Gasteiger partial charge in [-0.1, -0.05) is 0 Å². The van der Waals surface area contributed by atoms with E-state index in [-0.39, 0.29) is 12.5 Å². The van der Waals surface area contributed by atoms with Gasteiger partial charge in [0.1, 0.15) is 29.0 Å². The number of carbonyl (C=O) groups is 1. The van der Waals surface area contributed by atoms with Crippen LogP contribution < -0.4 is 25.0 Å². The fourth-order valence-electron chi connectivity index (χ4n) is 3.19. The maximum absolute atomic E-state index is 11.9. The maximum Gasteiger partial charge on any atom is 0.258 e. The molecule has 2 heterocycles. The van der Waals surface area contributed by atoms with E-state index in [0.29, 0.717) is 18.8 Å². The summed E-state index contributed by atoms with van der Waals surface area (Å²) in [7, 11) is 1.61. The monoisotopic (exact) mass is 399 g/mol. The van der Waals surface area contributed by atoms with Gasteiger partial charge in [-0.15, -0.1) is 0 Å². The minimum Gasteiger partial charge on any atom is -0.497 e. The predicted molar refractivity (Wildman–Crippen MR) is 113 cm³/mol. The highest BCUT2D eigenvalue weighted by molar-refractivity contribution is 5.77. The Hall–Kier alpha value is -3.03. The van der Waals surface area contributed by atoms with E-state index < -0.39 is 0 Å². The number of rotatable bonds is 9. The van der Waals surface area contributed by atoms with Crippen LogP contribution in [0.4, 0.5) is 11.6 Å². The Kier molecular flexibility index (Phi) is 7.49. The van der Waals surface area contributed by atoms with Crippen molar-refractivity contribution in [3.05, 3.63) is 36.2 Å². The lowest BCUT2D eigenvalue weighted by Gasteiger charge is -2.28. The molecule has 0 spiro atoms. The molecular formula is C21H29N5O3. The largest absolute Gasteiger partial charge is 0.497 e. The van der Waals surface area contributed by atoms with Gasteiger partial charge in [-0.2, -0.15) is 0 Å². The molecule has 0 saturated carbocycles. The highest BCUT2D eigenvalue weighted by Crippen LogP contribution is 2.20. The summed E-state index contributed by atoms with van der Waals surface area (Å²) in [6, 6.07) is 9.10. The van der Waals surface area contributed by atoms with Gasteiger partial charge in [-0.05, 0) is 50.5 Å². The molecule has 8 heteroatoms. The zero-order chi connectivity index (χ0) is 20.5. The van der Waals surface area contributed by atoms with Crippen molar-refractivity contribution < 1.29 is 14.3 Å². The lowest BCUT2D eigenvalue weighted by atomic mass is 10.1. The average Bonchev–Trinajstić information content (AvgIpc) is 2.76. The van der Waals surface area contributed by atoms with Gasteiger partial charge < -0.3 is 25.0 Å². The van der Waals surface area contributed by atoms with Crippen molar-refractivity contribution in [1.29, 1.82) is 0 Å². The highest BCUT2D eigenvalue weighted by atomic mass is 16.5. The normalized spacial score (nSPS) is 13.7. The second-order valence-corrected chi connectivity index (χ2v) is 6.95. The van der Waals surface area contributed by atoms with Crippen LogP contribution in [0.3, 0.4) is 0 Å². The molecule has 0 radical (unpaired) electrons. The van der Waals surface area contributed by atoms with E-state index in [1.165, 1.54) is 19.3 Å². The molecule has 2 aromatic rings. The number of anilines is 2. The van der Waals surface area contributed by atoms with Gasteiger partial charge in [0.2, 0.25) is 0 Å². The molecule has 2 N–H and O–H groups in total. The first-order chi connectivity index (χ1) is 14.1. The molecule has 0 atom stereocenters. The van der Waals surface area contributed by atoms with Crippen molar-refractivity contribution in [2.75, 3.05) is 50.1 Å². The Bertz CT molecular complexity index is 791. The number of ether oxygens (including phenoxy) is 2. The van der Waals surface area contributed by atoms with E-state index in [1.807, 2.05) is 13.0 Å². The predicted octanol–water partition coefficient (Wildman–Crippen LogP) is 2.39. The van der Waals surface area contributed by atoms with E-state index in [1.54, 1.807) is 31.4 Å². The van der Waals surface area contributed by atoms with Gasteiger partial charge in [-0.3, -0.25) is 4.79 Å². The molecule has 29 heavy (non-hydrogen) atoms. The second-order valence-electron chi connectivity index (χ2n) is 6.95. The number of aromatic nitrogens is 2. The van der Waals surface area contributed by atoms with Crippen LogP contribution in [0.5, 0.6) is 11.5 Å². The molecule has 0 aliphatic carbocycles. The van der Waals surface area contributed by atoms with Crippen LogP contribution in [0.25, 0.3) is 0 Å². The van der Waals surface area contributed by atoms with E-state index in [9.17, 15) is 4.79 Å². The fraction of sp³-hybridized carbons (Fsp3) is 0.476. The number of nitrogens with one attached hydrogen (secondary N) is 2. The lowest BCUT2D eigenvalue weighted by molar-refractivity contribution is -0.123. The summed E-state index contributed by atoms with van der Waals surface area (Å²) in [6.07, 6.45) is 3.69. The molecule has 1 aromatic heterocycles. The van der Waals surface area contributed by atoms with Crippen LogP contribution in [0, 0.1) is 6.92 Å². The van der Waals surface area contributed by atoms with Crippen LogP contribution in [-0.2, 0) is 4.79 Å². The Balaban J connectivity index is 1.39. The van der Waals surface area contributed by atoms with E-state index in [2.05, 4.69) is 25.5 Å². The van der Waals surface area contributed by atoms with E-state index in [0.717, 1.165) is 36.3 Å². The van der Waals surface area contributed by atoms with E-state index in [4.69, 9.17) is 9.47 Å². The summed E-state index contributed by atoms with van der Waals surface area (Å²) in [4.78, 5) is 23.2. The molecule has 0 bridgehead atoms. The minimum absolute atomic E-state index is 0.0297. The minimum atomic E-state index is -0.171. The first-order valence-corrected chi connectivity index (χ1v) is 10.0. The van der Waals surface area contributed by atoms with Crippen LogP contribution in [-0.4, -0.2) is 55.8 Å². The Morgan fingerprint density at radius 3 is 2.52 bits per heavy atom. The number of carbonyl (C=O) groups excluding carboxylic acids is 1. The second kappa shape index (κ2) is 10.5. The van der Waals surface area contributed by atoms with Crippen LogP contribution in [0.15, 0.2) is 30.3 Å². The third-order valence-corrected chi connectivity index (χ3v) is 4.69. The Morgan fingerprint density at radius 2 is 1.79 bits per heavy atom. The molecule has 0 unspecified atom stereocenters. The molecule has 1 fully saturated rings. The zero-order valence-corrected chi connectivity index (χ0v) is 17.1. The van der Waals surface area contributed by atoms with Gasteiger partial charge in [0.15, 0.2) is 6.61 Å². The zero-order valence-electron chi connectivity index (χ0n) is 17.1. The Labute approximate surface area is 171 Å². The van der Waals surface area contributed by atoms with Crippen molar-refractivity contribution in [3.63, 3.8) is 0 Å². The first-order valence-electron chi connectivity index (χ1n) is 10.0. The first kappa shape index (κ1) is 20.7. The number of piperidine rings is 1. The number of methoxy groups -OCH3 is 1.